The van der Waals surface area contributed by atoms with Crippen molar-refractivity contribution in [2.45, 2.75) is 43.6 Å². The van der Waals surface area contributed by atoms with E-state index in [1.807, 2.05) is 0 Å². The van der Waals surface area contributed by atoms with Crippen LogP contribution >= 0.6 is 0 Å². The normalized spacial score (nSPS) is 21.8. The van der Waals surface area contributed by atoms with Crippen molar-refractivity contribution >= 4 is 5.91 Å². The van der Waals surface area contributed by atoms with Gasteiger partial charge in [-0.2, -0.15) is 0 Å². The first-order valence-electron chi connectivity index (χ1n) is 10.9. The van der Waals surface area contributed by atoms with Gasteiger partial charge in [0, 0.05) is 50.9 Å². The van der Waals surface area contributed by atoms with E-state index in [0.29, 0.717) is 29.5 Å². The Morgan fingerprint density at radius 2 is 2.09 bits per heavy atom. The number of aromatic nitrogens is 2. The fourth-order valence-corrected chi connectivity index (χ4v) is 4.10. The van der Waals surface area contributed by atoms with E-state index in [4.69, 9.17) is 10.5 Å². The number of rotatable bonds is 8. The summed E-state index contributed by atoms with van der Waals surface area (Å²) in [5.41, 5.74) is 6.40. The molecule has 1 saturated heterocycles. The van der Waals surface area contributed by atoms with Gasteiger partial charge >= 0.3 is 0 Å². The Bertz CT molecular complexity index is 1020. The largest absolute Gasteiger partial charge is 0.492 e. The van der Waals surface area contributed by atoms with E-state index in [1.165, 1.54) is 42.8 Å². The van der Waals surface area contributed by atoms with Gasteiger partial charge < -0.3 is 15.0 Å². The molecule has 2 N–H and O–H groups in total. The van der Waals surface area contributed by atoms with Crippen LogP contribution in [-0.4, -0.2) is 52.0 Å². The van der Waals surface area contributed by atoms with E-state index in [0.717, 1.165) is 0 Å². The van der Waals surface area contributed by atoms with Gasteiger partial charge in [0.25, 0.3) is 5.92 Å². The number of carbonyl (C=O) groups is 1. The third kappa shape index (κ3) is 5.15. The number of aryl methyl sites for hydroxylation is 1. The summed E-state index contributed by atoms with van der Waals surface area (Å²) in [6, 6.07) is 5.55. The van der Waals surface area contributed by atoms with Gasteiger partial charge in [0.2, 0.25) is 11.5 Å². The van der Waals surface area contributed by atoms with Crippen LogP contribution in [0.2, 0.25) is 0 Å². The lowest BCUT2D eigenvalue weighted by Gasteiger charge is -2.41. The van der Waals surface area contributed by atoms with Gasteiger partial charge in [0.1, 0.15) is 5.75 Å². The first-order valence-corrected chi connectivity index (χ1v) is 10.9. The molecule has 0 aromatic carbocycles. The summed E-state index contributed by atoms with van der Waals surface area (Å²) in [6.45, 7) is 0.687. The van der Waals surface area contributed by atoms with Crippen molar-refractivity contribution in [3.05, 3.63) is 58.3 Å². The third-order valence-corrected chi connectivity index (χ3v) is 6.32. The quantitative estimate of drug-likeness (QED) is 0.671. The molecule has 0 bridgehead atoms. The van der Waals surface area contributed by atoms with Gasteiger partial charge in [-0.05, 0) is 36.5 Å². The van der Waals surface area contributed by atoms with E-state index in [1.54, 1.807) is 23.2 Å². The van der Waals surface area contributed by atoms with Crippen LogP contribution in [0, 0.1) is 5.92 Å². The lowest BCUT2D eigenvalue weighted by Crippen LogP contribution is -2.54. The molecule has 2 aromatic heterocycles. The summed E-state index contributed by atoms with van der Waals surface area (Å²) in [6.07, 6.45) is 5.27. The van der Waals surface area contributed by atoms with E-state index >= 15 is 0 Å². The van der Waals surface area contributed by atoms with Crippen LogP contribution in [0.5, 0.6) is 5.75 Å². The lowest BCUT2D eigenvalue weighted by molar-refractivity contribution is -0.128. The molecule has 0 spiro atoms. The van der Waals surface area contributed by atoms with Gasteiger partial charge in [-0.15, -0.1) is 0 Å². The van der Waals surface area contributed by atoms with Crippen LogP contribution in [0.1, 0.15) is 36.4 Å². The summed E-state index contributed by atoms with van der Waals surface area (Å²) in [5, 5.41) is 0. The molecular formula is C23H28F2N4O3. The molecular weight excluding hydrogens is 418 g/mol. The number of halogens is 2. The van der Waals surface area contributed by atoms with Crippen molar-refractivity contribution in [2.24, 2.45) is 18.7 Å². The molecule has 1 aliphatic carbocycles. The topological polar surface area (TPSA) is 90.4 Å². The first kappa shape index (κ1) is 22.4. The average Bonchev–Trinajstić information content (AvgIpc) is 3.58. The van der Waals surface area contributed by atoms with Gasteiger partial charge in [0.15, 0.2) is 0 Å². The molecule has 2 aliphatic rings. The Morgan fingerprint density at radius 1 is 1.31 bits per heavy atom. The van der Waals surface area contributed by atoms with Crippen LogP contribution in [-0.2, 0) is 18.3 Å². The van der Waals surface area contributed by atoms with Crippen LogP contribution in [0.4, 0.5) is 8.78 Å². The highest BCUT2D eigenvalue weighted by molar-refractivity contribution is 5.80. The SMILES string of the molecule is Cn1cc(C2CN(C(Cc3ccc(OCC4CC4)cn3)C(N)=O)CCC2(F)F)ccc1=O. The molecule has 2 aromatic rings. The van der Waals surface area contributed by atoms with Crippen LogP contribution in [0.15, 0.2) is 41.5 Å². The van der Waals surface area contributed by atoms with E-state index < -0.39 is 30.2 Å². The molecule has 9 heteroatoms. The molecule has 4 rings (SSSR count). The second-order valence-corrected chi connectivity index (χ2v) is 8.83. The van der Waals surface area contributed by atoms with Crippen molar-refractivity contribution in [2.75, 3.05) is 19.7 Å². The number of hydrogen-bond donors (Lipinski definition) is 1. The summed E-state index contributed by atoms with van der Waals surface area (Å²) >= 11 is 0. The number of pyridine rings is 2. The summed E-state index contributed by atoms with van der Waals surface area (Å²) in [4.78, 5) is 30.0. The molecule has 7 nitrogen and oxygen atoms in total. The number of hydrogen-bond acceptors (Lipinski definition) is 5. The number of likely N-dealkylation sites (tertiary alicyclic amines) is 1. The van der Waals surface area contributed by atoms with Gasteiger partial charge in [-0.1, -0.05) is 6.07 Å². The smallest absolute Gasteiger partial charge is 0.257 e. The van der Waals surface area contributed by atoms with Crippen molar-refractivity contribution in [1.29, 1.82) is 0 Å². The fraction of sp³-hybridized carbons (Fsp3) is 0.522. The number of amides is 1. The monoisotopic (exact) mass is 446 g/mol. The minimum absolute atomic E-state index is 0.0403. The highest BCUT2D eigenvalue weighted by Gasteiger charge is 2.47. The summed E-state index contributed by atoms with van der Waals surface area (Å²) < 4.78 is 36.5. The average molecular weight is 446 g/mol. The zero-order valence-electron chi connectivity index (χ0n) is 18.0. The van der Waals surface area contributed by atoms with Crippen molar-refractivity contribution in [3.63, 3.8) is 0 Å². The number of ether oxygens (including phenoxy) is 1. The zero-order valence-corrected chi connectivity index (χ0v) is 18.0. The van der Waals surface area contributed by atoms with Crippen molar-refractivity contribution < 1.29 is 18.3 Å². The molecule has 1 saturated carbocycles. The number of nitrogens with zero attached hydrogens (tertiary/aromatic N) is 3. The molecule has 2 atom stereocenters. The van der Waals surface area contributed by atoms with Gasteiger partial charge in [-0.3, -0.25) is 19.5 Å². The zero-order chi connectivity index (χ0) is 22.9. The Hall–Kier alpha value is -2.81. The van der Waals surface area contributed by atoms with Crippen molar-refractivity contribution in [1.82, 2.24) is 14.5 Å². The molecule has 1 aliphatic heterocycles. The van der Waals surface area contributed by atoms with E-state index in [2.05, 4.69) is 4.98 Å². The maximum Gasteiger partial charge on any atom is 0.257 e. The lowest BCUT2D eigenvalue weighted by atomic mass is 9.86. The van der Waals surface area contributed by atoms with Gasteiger partial charge in [0.05, 0.1) is 24.8 Å². The third-order valence-electron chi connectivity index (χ3n) is 6.32. The first-order chi connectivity index (χ1) is 15.2. The Labute approximate surface area is 185 Å². The highest BCUT2D eigenvalue weighted by Crippen LogP contribution is 2.40. The van der Waals surface area contributed by atoms with Crippen LogP contribution in [0.3, 0.4) is 0 Å². The Morgan fingerprint density at radius 3 is 2.72 bits per heavy atom. The number of carbonyl (C=O) groups excluding carboxylic acids is 1. The summed E-state index contributed by atoms with van der Waals surface area (Å²) in [7, 11) is 1.53. The van der Waals surface area contributed by atoms with E-state index in [9.17, 15) is 18.4 Å². The second kappa shape index (κ2) is 8.97. The highest BCUT2D eigenvalue weighted by atomic mass is 19.3. The molecule has 2 unspecified atom stereocenters. The number of piperidine rings is 1. The second-order valence-electron chi connectivity index (χ2n) is 8.83. The molecule has 0 radical (unpaired) electrons. The fourth-order valence-electron chi connectivity index (χ4n) is 4.10. The Balaban J connectivity index is 1.48. The number of primary amides is 1. The summed E-state index contributed by atoms with van der Waals surface area (Å²) in [5.74, 6) is -3.37. The standard InChI is InChI=1S/C23H28F2N4O3/c1-28-12-16(4-7-21(28)30)19-13-29(9-8-23(19,24)25)20(22(26)31)10-17-5-6-18(11-27-17)32-14-15-2-3-15/h4-7,11-12,15,19-20H,2-3,8-10,13-14H2,1H3,(H2,26,31). The predicted molar refractivity (Wildman–Crippen MR) is 115 cm³/mol. The maximum atomic E-state index is 14.8. The minimum Gasteiger partial charge on any atom is -0.492 e. The predicted octanol–water partition coefficient (Wildman–Crippen LogP) is 2.09. The van der Waals surface area contributed by atoms with Crippen LogP contribution in [0.25, 0.3) is 0 Å². The minimum atomic E-state index is -2.95. The van der Waals surface area contributed by atoms with Crippen LogP contribution < -0.4 is 16.0 Å². The Kier molecular flexibility index (Phi) is 6.28. The molecule has 172 valence electrons. The number of nitrogens with two attached hydrogens (primary N) is 1. The molecule has 2 fully saturated rings. The molecule has 1 amide bonds. The number of alkyl halides is 2. The van der Waals surface area contributed by atoms with Gasteiger partial charge in [-0.25, -0.2) is 8.78 Å². The molecule has 32 heavy (non-hydrogen) atoms. The maximum absolute atomic E-state index is 14.8. The van der Waals surface area contributed by atoms with Crippen molar-refractivity contribution in [3.8, 4) is 5.75 Å². The molecule has 3 heterocycles. The van der Waals surface area contributed by atoms with E-state index in [-0.39, 0.29) is 25.1 Å².